The van der Waals surface area contributed by atoms with Crippen molar-refractivity contribution in [3.63, 3.8) is 0 Å². The summed E-state index contributed by atoms with van der Waals surface area (Å²) in [5.41, 5.74) is 9.15. The van der Waals surface area contributed by atoms with Crippen LogP contribution in [0, 0.1) is 0 Å². The number of thiocarbonyl (C=S) groups is 1. The highest BCUT2D eigenvalue weighted by atomic mass is 32.1. The number of benzene rings is 1. The molecule has 0 fully saturated rings. The summed E-state index contributed by atoms with van der Waals surface area (Å²) >= 11 is 4.57. The molecule has 2 rings (SSSR count). The van der Waals surface area contributed by atoms with Gasteiger partial charge in [0.2, 0.25) is 5.95 Å². The van der Waals surface area contributed by atoms with Crippen molar-refractivity contribution >= 4 is 23.3 Å². The summed E-state index contributed by atoms with van der Waals surface area (Å²) in [4.78, 5) is 7.41. The number of hydrogen-bond donors (Lipinski definition) is 3. The number of alkyl halides is 3. The van der Waals surface area contributed by atoms with Crippen molar-refractivity contribution < 1.29 is 17.9 Å². The Kier molecular flexibility index (Phi) is 4.84. The average Bonchev–Trinajstić information content (AvgIpc) is 2.51. The monoisotopic (exact) mass is 343 g/mol. The van der Waals surface area contributed by atoms with Crippen molar-refractivity contribution in [1.29, 1.82) is 0 Å². The van der Waals surface area contributed by atoms with Crippen LogP contribution in [-0.2, 0) is 6.18 Å². The first-order valence-corrected chi connectivity index (χ1v) is 6.63. The lowest BCUT2D eigenvalue weighted by Gasteiger charge is -2.13. The molecule has 6 nitrogen and oxygen atoms in total. The number of nitrogens with one attached hydrogen (secondary N) is 2. The van der Waals surface area contributed by atoms with Gasteiger partial charge in [-0.1, -0.05) is 12.1 Å². The molecular formula is C13H12F3N5OS. The third kappa shape index (κ3) is 4.19. The molecule has 0 bridgehead atoms. The van der Waals surface area contributed by atoms with Gasteiger partial charge in [-0.2, -0.15) is 13.2 Å². The molecule has 0 spiro atoms. The highest BCUT2D eigenvalue weighted by molar-refractivity contribution is 7.80. The number of halogens is 3. The third-order valence-electron chi connectivity index (χ3n) is 2.70. The van der Waals surface area contributed by atoms with E-state index in [1.807, 2.05) is 0 Å². The molecule has 0 radical (unpaired) electrons. The first kappa shape index (κ1) is 16.7. The minimum absolute atomic E-state index is 0.0389. The van der Waals surface area contributed by atoms with Gasteiger partial charge in [-0.3, -0.25) is 10.9 Å². The smallest absolute Gasteiger partial charge is 0.433 e. The largest absolute Gasteiger partial charge is 0.496 e. The van der Waals surface area contributed by atoms with Crippen molar-refractivity contribution in [2.24, 2.45) is 5.73 Å². The van der Waals surface area contributed by atoms with E-state index in [1.165, 1.54) is 7.11 Å². The summed E-state index contributed by atoms with van der Waals surface area (Å²) in [5.74, 6) is 0.0566. The number of para-hydroxylation sites is 1. The minimum Gasteiger partial charge on any atom is -0.496 e. The Morgan fingerprint density at radius 3 is 2.57 bits per heavy atom. The highest BCUT2D eigenvalue weighted by Gasteiger charge is 2.34. The highest BCUT2D eigenvalue weighted by Crippen LogP contribution is 2.34. The number of rotatable bonds is 4. The Hall–Kier alpha value is -2.62. The fraction of sp³-hybridized carbons (Fsp3) is 0.154. The molecule has 2 aromatic rings. The van der Waals surface area contributed by atoms with E-state index in [2.05, 4.69) is 33.0 Å². The van der Waals surface area contributed by atoms with Crippen LogP contribution < -0.4 is 21.3 Å². The summed E-state index contributed by atoms with van der Waals surface area (Å²) < 4.78 is 44.2. The standard InChI is InChI=1S/C13H12F3N5OS/c1-22-9-5-3-2-4-7(9)8-6-10(13(14,15)16)19-12(18-8)21-20-11(17)23/h2-6H,1H3,(H3,17,20,23)(H,18,19,21). The van der Waals surface area contributed by atoms with Gasteiger partial charge in [0.25, 0.3) is 0 Å². The van der Waals surface area contributed by atoms with Crippen molar-refractivity contribution in [2.45, 2.75) is 6.18 Å². The minimum atomic E-state index is -4.64. The van der Waals surface area contributed by atoms with Crippen LogP contribution in [0.3, 0.4) is 0 Å². The van der Waals surface area contributed by atoms with E-state index in [0.29, 0.717) is 11.3 Å². The maximum absolute atomic E-state index is 13.0. The van der Waals surface area contributed by atoms with E-state index in [1.54, 1.807) is 24.3 Å². The van der Waals surface area contributed by atoms with Crippen LogP contribution in [0.5, 0.6) is 5.75 Å². The van der Waals surface area contributed by atoms with Crippen LogP contribution >= 0.6 is 12.2 Å². The number of aromatic nitrogens is 2. The van der Waals surface area contributed by atoms with E-state index in [9.17, 15) is 13.2 Å². The van der Waals surface area contributed by atoms with Crippen molar-refractivity contribution in [3.05, 3.63) is 36.0 Å². The number of hydrazine groups is 1. The van der Waals surface area contributed by atoms with Crippen LogP contribution in [0.1, 0.15) is 5.69 Å². The summed E-state index contributed by atoms with van der Waals surface area (Å²) in [7, 11) is 1.41. The second-order valence-electron chi connectivity index (χ2n) is 4.27. The Morgan fingerprint density at radius 2 is 1.96 bits per heavy atom. The van der Waals surface area contributed by atoms with Crippen LogP contribution in [0.15, 0.2) is 30.3 Å². The van der Waals surface area contributed by atoms with Crippen LogP contribution in [-0.4, -0.2) is 22.2 Å². The van der Waals surface area contributed by atoms with E-state index < -0.39 is 11.9 Å². The van der Waals surface area contributed by atoms with Crippen molar-refractivity contribution in [2.75, 3.05) is 12.5 Å². The van der Waals surface area contributed by atoms with E-state index in [0.717, 1.165) is 6.07 Å². The maximum atomic E-state index is 13.0. The lowest BCUT2D eigenvalue weighted by Crippen LogP contribution is -2.35. The van der Waals surface area contributed by atoms with Crippen LogP contribution in [0.4, 0.5) is 19.1 Å². The van der Waals surface area contributed by atoms with Gasteiger partial charge < -0.3 is 10.5 Å². The Morgan fingerprint density at radius 1 is 1.26 bits per heavy atom. The zero-order valence-electron chi connectivity index (χ0n) is 11.8. The first-order valence-electron chi connectivity index (χ1n) is 6.22. The Labute approximate surface area is 134 Å². The second-order valence-corrected chi connectivity index (χ2v) is 4.71. The topological polar surface area (TPSA) is 85.1 Å². The number of ether oxygens (including phenoxy) is 1. The Bertz CT molecular complexity index is 723. The molecule has 0 atom stereocenters. The number of hydrogen-bond acceptors (Lipinski definition) is 5. The molecule has 0 unspecified atom stereocenters. The molecule has 0 amide bonds. The Balaban J connectivity index is 2.53. The molecule has 0 saturated carbocycles. The van der Waals surface area contributed by atoms with Crippen LogP contribution in [0.2, 0.25) is 0 Å². The fourth-order valence-corrected chi connectivity index (χ4v) is 1.81. The average molecular weight is 343 g/mol. The summed E-state index contributed by atoms with van der Waals surface area (Å²) in [6.45, 7) is 0. The predicted octanol–water partition coefficient (Wildman–Crippen LogP) is 2.33. The predicted molar refractivity (Wildman–Crippen MR) is 82.6 cm³/mol. The molecule has 4 N–H and O–H groups in total. The van der Waals surface area contributed by atoms with Gasteiger partial charge in [-0.25, -0.2) is 9.97 Å². The van der Waals surface area contributed by atoms with Crippen molar-refractivity contribution in [1.82, 2.24) is 15.4 Å². The molecule has 10 heteroatoms. The van der Waals surface area contributed by atoms with Gasteiger partial charge in [-0.05, 0) is 30.4 Å². The summed E-state index contributed by atoms with van der Waals surface area (Å²) in [5, 5.41) is -0.162. The quantitative estimate of drug-likeness (QED) is 0.580. The SMILES string of the molecule is COc1ccccc1-c1cc(C(F)(F)F)nc(NNC(N)=S)n1. The molecule has 1 aromatic heterocycles. The molecule has 23 heavy (non-hydrogen) atoms. The number of nitrogens with two attached hydrogens (primary N) is 1. The number of methoxy groups -OCH3 is 1. The molecule has 0 aliphatic carbocycles. The van der Waals surface area contributed by atoms with Crippen LogP contribution in [0.25, 0.3) is 11.3 Å². The number of nitrogens with zero attached hydrogens (tertiary/aromatic N) is 2. The molecule has 0 aliphatic heterocycles. The lowest BCUT2D eigenvalue weighted by atomic mass is 10.1. The lowest BCUT2D eigenvalue weighted by molar-refractivity contribution is -0.141. The number of anilines is 1. The molecule has 1 aromatic carbocycles. The van der Waals surface area contributed by atoms with Gasteiger partial charge >= 0.3 is 6.18 Å². The summed E-state index contributed by atoms with van der Waals surface area (Å²) in [6, 6.07) is 7.40. The van der Waals surface area contributed by atoms with Crippen molar-refractivity contribution in [3.8, 4) is 17.0 Å². The fourth-order valence-electron chi connectivity index (χ4n) is 1.76. The van der Waals surface area contributed by atoms with E-state index in [4.69, 9.17) is 10.5 Å². The van der Waals surface area contributed by atoms with E-state index >= 15 is 0 Å². The normalized spacial score (nSPS) is 11.0. The molecule has 1 heterocycles. The molecule has 0 saturated heterocycles. The van der Waals surface area contributed by atoms with Gasteiger partial charge in [0.1, 0.15) is 5.75 Å². The second kappa shape index (κ2) is 6.65. The van der Waals surface area contributed by atoms with Gasteiger partial charge in [0.05, 0.1) is 12.8 Å². The summed E-state index contributed by atoms with van der Waals surface area (Å²) in [6.07, 6.45) is -4.64. The molecular weight excluding hydrogens is 331 g/mol. The van der Waals surface area contributed by atoms with E-state index in [-0.39, 0.29) is 16.8 Å². The van der Waals surface area contributed by atoms with Gasteiger partial charge in [0, 0.05) is 5.56 Å². The molecule has 0 aliphatic rings. The zero-order chi connectivity index (χ0) is 17.0. The maximum Gasteiger partial charge on any atom is 0.433 e. The van der Waals surface area contributed by atoms with Gasteiger partial charge in [0.15, 0.2) is 10.8 Å². The third-order valence-corrected chi connectivity index (χ3v) is 2.80. The van der Waals surface area contributed by atoms with Gasteiger partial charge in [-0.15, -0.1) is 0 Å². The zero-order valence-corrected chi connectivity index (χ0v) is 12.6. The molecule has 122 valence electrons. The first-order chi connectivity index (χ1) is 10.8.